The topological polar surface area (TPSA) is 55.6 Å². The molecule has 1 atom stereocenters. The van der Waals surface area contributed by atoms with E-state index in [1.807, 2.05) is 37.3 Å². The molecule has 0 radical (unpaired) electrons. The molecule has 0 fully saturated rings. The first kappa shape index (κ1) is 19.7. The van der Waals surface area contributed by atoms with Crippen molar-refractivity contribution in [1.29, 1.82) is 0 Å². The Morgan fingerprint density at radius 2 is 1.91 bits per heavy atom. The minimum Gasteiger partial charge on any atom is -0.465 e. The Kier molecular flexibility index (Phi) is 8.28. The number of carbonyl (C=O) groups excluding carboxylic acids is 1. The zero-order valence-electron chi connectivity index (χ0n) is 15.0. The minimum absolute atomic E-state index is 0.128. The van der Waals surface area contributed by atoms with E-state index in [-0.39, 0.29) is 11.4 Å². The fourth-order valence-electron chi connectivity index (χ4n) is 3.12. The second-order valence-corrected chi connectivity index (χ2v) is 6.74. The number of nitrogens with two attached hydrogens (primary N) is 1. The van der Waals surface area contributed by atoms with Crippen LogP contribution in [0.15, 0.2) is 30.3 Å². The Morgan fingerprint density at radius 3 is 2.43 bits per heavy atom. The molecular formula is C19H32N2O2. The highest BCUT2D eigenvalue weighted by Gasteiger charge is 2.32. The standard InChI is InChI=1S/C19H32N2O2/c1-5-12-19(3,4)15-21(14-13-20)17(18(22)23-6-2)16-10-8-7-9-11-16/h7-11,17H,5-6,12-15,20H2,1-4H3. The van der Waals surface area contributed by atoms with E-state index in [4.69, 9.17) is 10.5 Å². The molecule has 130 valence electrons. The van der Waals surface area contributed by atoms with Crippen molar-refractivity contribution < 1.29 is 9.53 Å². The summed E-state index contributed by atoms with van der Waals surface area (Å²) in [7, 11) is 0. The molecule has 4 nitrogen and oxygen atoms in total. The zero-order valence-corrected chi connectivity index (χ0v) is 15.0. The molecule has 1 unspecified atom stereocenters. The van der Waals surface area contributed by atoms with Gasteiger partial charge in [0.25, 0.3) is 0 Å². The molecule has 0 spiro atoms. The summed E-state index contributed by atoms with van der Waals surface area (Å²) < 4.78 is 5.34. The van der Waals surface area contributed by atoms with Crippen LogP contribution in [0.25, 0.3) is 0 Å². The van der Waals surface area contributed by atoms with Gasteiger partial charge in [-0.15, -0.1) is 0 Å². The molecular weight excluding hydrogens is 288 g/mol. The average Bonchev–Trinajstić information content (AvgIpc) is 2.48. The summed E-state index contributed by atoms with van der Waals surface area (Å²) in [5, 5.41) is 0. The number of esters is 1. The lowest BCUT2D eigenvalue weighted by atomic mass is 9.86. The van der Waals surface area contributed by atoms with Crippen LogP contribution in [0.4, 0.5) is 0 Å². The largest absolute Gasteiger partial charge is 0.465 e. The minimum atomic E-state index is -0.393. The van der Waals surface area contributed by atoms with Crippen LogP contribution in [0.2, 0.25) is 0 Å². The quantitative estimate of drug-likeness (QED) is 0.672. The number of benzene rings is 1. The summed E-state index contributed by atoms with van der Waals surface area (Å²) in [4.78, 5) is 14.8. The normalized spacial score (nSPS) is 13.1. The molecule has 0 bridgehead atoms. The summed E-state index contributed by atoms with van der Waals surface area (Å²) in [6.07, 6.45) is 2.23. The van der Waals surface area contributed by atoms with Crippen LogP contribution in [0.3, 0.4) is 0 Å². The van der Waals surface area contributed by atoms with Crippen molar-refractivity contribution in [1.82, 2.24) is 4.90 Å². The van der Waals surface area contributed by atoms with Gasteiger partial charge in [0, 0.05) is 19.6 Å². The molecule has 1 aromatic carbocycles. The zero-order chi connectivity index (χ0) is 17.3. The maximum Gasteiger partial charge on any atom is 0.328 e. The van der Waals surface area contributed by atoms with E-state index in [0.29, 0.717) is 19.7 Å². The lowest BCUT2D eigenvalue weighted by Crippen LogP contribution is -2.43. The molecule has 23 heavy (non-hydrogen) atoms. The third-order valence-corrected chi connectivity index (χ3v) is 3.96. The molecule has 4 heteroatoms. The fourth-order valence-corrected chi connectivity index (χ4v) is 3.12. The molecule has 0 saturated carbocycles. The van der Waals surface area contributed by atoms with E-state index in [9.17, 15) is 4.79 Å². The predicted octanol–water partition coefficient (Wildman–Crippen LogP) is 3.38. The molecule has 0 aliphatic rings. The first-order valence-electron chi connectivity index (χ1n) is 8.61. The highest BCUT2D eigenvalue weighted by molar-refractivity contribution is 5.77. The van der Waals surface area contributed by atoms with Crippen LogP contribution in [0, 0.1) is 5.41 Å². The summed E-state index contributed by atoms with van der Waals surface area (Å²) >= 11 is 0. The molecule has 0 aliphatic heterocycles. The van der Waals surface area contributed by atoms with Crippen molar-refractivity contribution in [3.05, 3.63) is 35.9 Å². The summed E-state index contributed by atoms with van der Waals surface area (Å²) in [6, 6.07) is 9.45. The van der Waals surface area contributed by atoms with E-state index in [1.54, 1.807) is 0 Å². The van der Waals surface area contributed by atoms with E-state index in [0.717, 1.165) is 24.9 Å². The first-order valence-corrected chi connectivity index (χ1v) is 8.61. The Morgan fingerprint density at radius 1 is 1.26 bits per heavy atom. The molecule has 0 amide bonds. The Hall–Kier alpha value is -1.39. The van der Waals surface area contributed by atoms with Crippen LogP contribution >= 0.6 is 0 Å². The van der Waals surface area contributed by atoms with Gasteiger partial charge >= 0.3 is 5.97 Å². The molecule has 1 rings (SSSR count). The third kappa shape index (κ3) is 6.32. The highest BCUT2D eigenvalue weighted by atomic mass is 16.5. The van der Waals surface area contributed by atoms with Gasteiger partial charge in [0.1, 0.15) is 6.04 Å². The van der Waals surface area contributed by atoms with Gasteiger partial charge in [-0.2, -0.15) is 0 Å². The van der Waals surface area contributed by atoms with Crippen LogP contribution in [0.1, 0.15) is 52.1 Å². The van der Waals surface area contributed by atoms with Crippen LogP contribution in [-0.2, 0) is 9.53 Å². The van der Waals surface area contributed by atoms with Crippen molar-refractivity contribution in [2.45, 2.75) is 46.6 Å². The second kappa shape index (κ2) is 9.68. The van der Waals surface area contributed by atoms with E-state index in [2.05, 4.69) is 25.7 Å². The van der Waals surface area contributed by atoms with Gasteiger partial charge < -0.3 is 10.5 Å². The smallest absolute Gasteiger partial charge is 0.328 e. The van der Waals surface area contributed by atoms with Crippen molar-refractivity contribution in [2.75, 3.05) is 26.2 Å². The predicted molar refractivity (Wildman–Crippen MR) is 95.1 cm³/mol. The van der Waals surface area contributed by atoms with Gasteiger partial charge in [-0.25, -0.2) is 4.79 Å². The van der Waals surface area contributed by atoms with Crippen molar-refractivity contribution in [3.63, 3.8) is 0 Å². The van der Waals surface area contributed by atoms with Gasteiger partial charge in [0.15, 0.2) is 0 Å². The Balaban J connectivity index is 3.09. The number of rotatable bonds is 10. The summed E-state index contributed by atoms with van der Waals surface area (Å²) in [5.41, 5.74) is 6.91. The van der Waals surface area contributed by atoms with Gasteiger partial charge in [-0.1, -0.05) is 57.5 Å². The summed E-state index contributed by atoms with van der Waals surface area (Å²) in [5.74, 6) is -0.195. The van der Waals surface area contributed by atoms with E-state index < -0.39 is 6.04 Å². The lowest BCUT2D eigenvalue weighted by molar-refractivity contribution is -0.150. The van der Waals surface area contributed by atoms with Crippen molar-refractivity contribution in [2.24, 2.45) is 11.1 Å². The molecule has 0 heterocycles. The number of hydrogen-bond acceptors (Lipinski definition) is 4. The highest BCUT2D eigenvalue weighted by Crippen LogP contribution is 2.29. The fraction of sp³-hybridized carbons (Fsp3) is 0.632. The van der Waals surface area contributed by atoms with Crippen LogP contribution < -0.4 is 5.73 Å². The lowest BCUT2D eigenvalue weighted by Gasteiger charge is -2.36. The third-order valence-electron chi connectivity index (χ3n) is 3.96. The number of nitrogens with zero attached hydrogens (tertiary/aromatic N) is 1. The SMILES string of the molecule is CCCC(C)(C)CN(CCN)C(C(=O)OCC)c1ccccc1. The molecule has 0 saturated heterocycles. The average molecular weight is 320 g/mol. The molecule has 1 aromatic rings. The van der Waals surface area contributed by atoms with Gasteiger partial charge in [0.05, 0.1) is 6.61 Å². The summed E-state index contributed by atoms with van der Waals surface area (Å²) in [6.45, 7) is 10.9. The second-order valence-electron chi connectivity index (χ2n) is 6.74. The maximum atomic E-state index is 12.6. The van der Waals surface area contributed by atoms with E-state index >= 15 is 0 Å². The van der Waals surface area contributed by atoms with Crippen molar-refractivity contribution >= 4 is 5.97 Å². The molecule has 0 aromatic heterocycles. The maximum absolute atomic E-state index is 12.6. The Labute approximate surface area is 141 Å². The number of ether oxygens (including phenoxy) is 1. The van der Waals surface area contributed by atoms with Crippen molar-refractivity contribution in [3.8, 4) is 0 Å². The van der Waals surface area contributed by atoms with Gasteiger partial charge in [0.2, 0.25) is 0 Å². The first-order chi connectivity index (χ1) is 10.9. The number of carbonyl (C=O) groups is 1. The van der Waals surface area contributed by atoms with Crippen LogP contribution in [0.5, 0.6) is 0 Å². The van der Waals surface area contributed by atoms with Crippen LogP contribution in [-0.4, -0.2) is 37.1 Å². The van der Waals surface area contributed by atoms with Gasteiger partial charge in [-0.3, -0.25) is 4.90 Å². The van der Waals surface area contributed by atoms with Gasteiger partial charge in [-0.05, 0) is 24.3 Å². The molecule has 0 aliphatic carbocycles. The van der Waals surface area contributed by atoms with E-state index in [1.165, 1.54) is 0 Å². The monoisotopic (exact) mass is 320 g/mol. The molecule has 2 N–H and O–H groups in total. The Bertz CT molecular complexity index is 460. The number of hydrogen-bond donors (Lipinski definition) is 1.